The maximum absolute atomic E-state index is 9.21. The van der Waals surface area contributed by atoms with Gasteiger partial charge in [0.2, 0.25) is 0 Å². The standard InChI is InChI=1S/C14H7ClN8S/c15-8-2-6(1-7-4-19-23-10(7)8)11-12(14-18-5-20-24-14)22-13(17)9(3-16)21-11/h1-2,4-5H,(H2,17,22)(H,19,23). The van der Waals surface area contributed by atoms with Gasteiger partial charge in [-0.15, -0.1) is 0 Å². The molecule has 3 aromatic heterocycles. The maximum Gasteiger partial charge on any atom is 0.183 e. The zero-order chi connectivity index (χ0) is 16.7. The van der Waals surface area contributed by atoms with E-state index in [0.29, 0.717) is 27.0 Å². The lowest BCUT2D eigenvalue weighted by Crippen LogP contribution is -2.03. The Kier molecular flexibility index (Phi) is 3.34. The van der Waals surface area contributed by atoms with Crippen LogP contribution >= 0.6 is 23.1 Å². The molecule has 0 aliphatic rings. The van der Waals surface area contributed by atoms with Crippen molar-refractivity contribution >= 4 is 39.9 Å². The number of hydrogen-bond donors (Lipinski definition) is 2. The molecular weight excluding hydrogens is 348 g/mol. The van der Waals surface area contributed by atoms with Crippen molar-refractivity contribution in [3.05, 3.63) is 35.4 Å². The molecule has 0 unspecified atom stereocenters. The summed E-state index contributed by atoms with van der Waals surface area (Å²) in [5.74, 6) is 0.0435. The van der Waals surface area contributed by atoms with Gasteiger partial charge in [0.05, 0.1) is 16.7 Å². The number of anilines is 1. The van der Waals surface area contributed by atoms with Crippen LogP contribution in [-0.2, 0) is 0 Å². The summed E-state index contributed by atoms with van der Waals surface area (Å²) in [6.45, 7) is 0. The highest BCUT2D eigenvalue weighted by molar-refractivity contribution is 7.09. The van der Waals surface area contributed by atoms with Crippen molar-refractivity contribution in [3.63, 3.8) is 0 Å². The number of hydrogen-bond acceptors (Lipinski definition) is 8. The summed E-state index contributed by atoms with van der Waals surface area (Å²) in [6.07, 6.45) is 3.08. The average Bonchev–Trinajstić information content (AvgIpc) is 3.26. The second-order valence-corrected chi connectivity index (χ2v) is 5.99. The van der Waals surface area contributed by atoms with Crippen molar-refractivity contribution in [2.45, 2.75) is 0 Å². The maximum atomic E-state index is 9.21. The summed E-state index contributed by atoms with van der Waals surface area (Å²) < 4.78 is 3.98. The molecule has 0 aliphatic heterocycles. The fourth-order valence-corrected chi connectivity index (χ4v) is 3.10. The third kappa shape index (κ3) is 2.25. The zero-order valence-electron chi connectivity index (χ0n) is 11.9. The Hall–Kier alpha value is -3.09. The molecular formula is C14H7ClN8S. The van der Waals surface area contributed by atoms with E-state index in [1.807, 2.05) is 12.1 Å². The molecule has 0 radical (unpaired) electrons. The molecule has 0 fully saturated rings. The fourth-order valence-electron chi connectivity index (χ4n) is 2.31. The Labute approximate surface area is 144 Å². The van der Waals surface area contributed by atoms with Crippen LogP contribution in [0.5, 0.6) is 0 Å². The van der Waals surface area contributed by atoms with E-state index in [4.69, 9.17) is 17.3 Å². The number of nitrogens with two attached hydrogens (primary N) is 1. The number of rotatable bonds is 2. The number of nitrogens with one attached hydrogen (secondary N) is 1. The van der Waals surface area contributed by atoms with Crippen LogP contribution in [-0.4, -0.2) is 29.5 Å². The van der Waals surface area contributed by atoms with E-state index in [0.717, 1.165) is 22.4 Å². The Bertz CT molecular complexity index is 1100. The monoisotopic (exact) mass is 354 g/mol. The quantitative estimate of drug-likeness (QED) is 0.565. The number of benzene rings is 1. The van der Waals surface area contributed by atoms with E-state index in [2.05, 4.69) is 29.5 Å². The van der Waals surface area contributed by atoms with Gasteiger partial charge in [-0.1, -0.05) is 11.6 Å². The summed E-state index contributed by atoms with van der Waals surface area (Å²) in [5, 5.41) is 17.9. The molecule has 0 amide bonds. The molecule has 0 aliphatic carbocycles. The Balaban J connectivity index is 2.03. The van der Waals surface area contributed by atoms with Crippen molar-refractivity contribution in [2.75, 3.05) is 5.73 Å². The SMILES string of the molecule is N#Cc1nc(-c2cc(Cl)c3[nH]ncc3c2)c(-c2ncns2)nc1N. The van der Waals surface area contributed by atoms with Crippen LogP contribution in [0, 0.1) is 11.3 Å². The molecule has 3 N–H and O–H groups in total. The topological polar surface area (TPSA) is 130 Å². The van der Waals surface area contributed by atoms with Crippen LogP contribution < -0.4 is 5.73 Å². The fraction of sp³-hybridized carbons (Fsp3) is 0. The first kappa shape index (κ1) is 14.5. The lowest BCUT2D eigenvalue weighted by Gasteiger charge is -2.09. The molecule has 1 aromatic carbocycles. The summed E-state index contributed by atoms with van der Waals surface area (Å²) in [6, 6.07) is 5.53. The van der Waals surface area contributed by atoms with E-state index in [-0.39, 0.29) is 11.5 Å². The predicted molar refractivity (Wildman–Crippen MR) is 90.2 cm³/mol. The van der Waals surface area contributed by atoms with Crippen LogP contribution in [0.25, 0.3) is 32.9 Å². The minimum atomic E-state index is 0.0432. The Morgan fingerprint density at radius 1 is 1.25 bits per heavy atom. The molecule has 8 nitrogen and oxygen atoms in total. The number of halogens is 1. The van der Waals surface area contributed by atoms with Gasteiger partial charge in [0.1, 0.15) is 23.8 Å². The lowest BCUT2D eigenvalue weighted by atomic mass is 10.1. The first-order chi connectivity index (χ1) is 11.7. The Morgan fingerprint density at radius 2 is 2.12 bits per heavy atom. The van der Waals surface area contributed by atoms with Crippen molar-refractivity contribution in [1.29, 1.82) is 5.26 Å². The molecule has 3 heterocycles. The summed E-state index contributed by atoms with van der Waals surface area (Å²) >= 11 is 7.46. The molecule has 10 heteroatoms. The van der Waals surface area contributed by atoms with Crippen LogP contribution in [0.4, 0.5) is 5.82 Å². The summed E-state index contributed by atoms with van der Waals surface area (Å²) in [4.78, 5) is 12.8. The number of nitrogens with zero attached hydrogens (tertiary/aromatic N) is 6. The van der Waals surface area contributed by atoms with Crippen LogP contribution in [0.3, 0.4) is 0 Å². The largest absolute Gasteiger partial charge is 0.381 e. The second-order valence-electron chi connectivity index (χ2n) is 4.81. The highest BCUT2D eigenvalue weighted by atomic mass is 35.5. The van der Waals surface area contributed by atoms with Gasteiger partial charge in [-0.25, -0.2) is 15.0 Å². The summed E-state index contributed by atoms with van der Waals surface area (Å²) in [5.41, 5.74) is 8.17. The van der Waals surface area contributed by atoms with Crippen LogP contribution in [0.2, 0.25) is 5.02 Å². The van der Waals surface area contributed by atoms with E-state index >= 15 is 0 Å². The van der Waals surface area contributed by atoms with E-state index in [1.165, 1.54) is 6.33 Å². The minimum Gasteiger partial charge on any atom is -0.381 e. The van der Waals surface area contributed by atoms with E-state index in [1.54, 1.807) is 12.3 Å². The molecule has 0 spiro atoms. The van der Waals surface area contributed by atoms with Gasteiger partial charge in [-0.3, -0.25) is 5.10 Å². The van der Waals surface area contributed by atoms with E-state index < -0.39 is 0 Å². The molecule has 116 valence electrons. The molecule has 4 aromatic rings. The van der Waals surface area contributed by atoms with Crippen molar-refractivity contribution in [2.24, 2.45) is 0 Å². The molecule has 4 rings (SSSR count). The number of H-pyrrole nitrogens is 1. The highest BCUT2D eigenvalue weighted by Gasteiger charge is 2.19. The van der Waals surface area contributed by atoms with Crippen LogP contribution in [0.15, 0.2) is 24.7 Å². The molecule has 0 atom stereocenters. The van der Waals surface area contributed by atoms with Gasteiger partial charge in [-0.2, -0.15) is 14.7 Å². The van der Waals surface area contributed by atoms with Crippen molar-refractivity contribution < 1.29 is 0 Å². The van der Waals surface area contributed by atoms with E-state index in [9.17, 15) is 5.26 Å². The zero-order valence-corrected chi connectivity index (χ0v) is 13.4. The van der Waals surface area contributed by atoms with Gasteiger partial charge < -0.3 is 5.73 Å². The number of aromatic amines is 1. The lowest BCUT2D eigenvalue weighted by molar-refractivity contribution is 1.12. The van der Waals surface area contributed by atoms with Crippen molar-refractivity contribution in [1.82, 2.24) is 29.5 Å². The van der Waals surface area contributed by atoms with Gasteiger partial charge >= 0.3 is 0 Å². The highest BCUT2D eigenvalue weighted by Crippen LogP contribution is 2.34. The first-order valence-electron chi connectivity index (χ1n) is 6.65. The third-order valence-electron chi connectivity index (χ3n) is 3.37. The van der Waals surface area contributed by atoms with Gasteiger partial charge in [0.25, 0.3) is 0 Å². The summed E-state index contributed by atoms with van der Waals surface area (Å²) in [7, 11) is 0. The first-order valence-corrected chi connectivity index (χ1v) is 7.80. The predicted octanol–water partition coefficient (Wildman–Crippen LogP) is 2.65. The molecule has 24 heavy (non-hydrogen) atoms. The number of aromatic nitrogens is 6. The second kappa shape index (κ2) is 5.52. The Morgan fingerprint density at radius 3 is 2.88 bits per heavy atom. The normalized spacial score (nSPS) is 10.8. The van der Waals surface area contributed by atoms with Crippen molar-refractivity contribution in [3.8, 4) is 28.0 Å². The number of fused-ring (bicyclic) bond motifs is 1. The molecule has 0 bridgehead atoms. The third-order valence-corrected chi connectivity index (χ3v) is 4.34. The molecule has 0 saturated heterocycles. The van der Waals surface area contributed by atoms with Gasteiger partial charge in [0.15, 0.2) is 16.5 Å². The van der Waals surface area contributed by atoms with Crippen LogP contribution in [0.1, 0.15) is 5.69 Å². The van der Waals surface area contributed by atoms with Gasteiger partial charge in [-0.05, 0) is 23.7 Å². The van der Waals surface area contributed by atoms with Gasteiger partial charge in [0, 0.05) is 10.9 Å². The average molecular weight is 355 g/mol. The molecule has 0 saturated carbocycles. The number of nitrogen functional groups attached to an aromatic ring is 1. The minimum absolute atomic E-state index is 0.0432. The smallest absolute Gasteiger partial charge is 0.183 e. The number of nitriles is 1.